The van der Waals surface area contributed by atoms with Gasteiger partial charge in [-0.3, -0.25) is 9.59 Å². The highest BCUT2D eigenvalue weighted by Crippen LogP contribution is 2.01. The number of nitrogens with zero attached hydrogens (tertiary/aromatic N) is 1. The molecule has 106 valence electrons. The Bertz CT molecular complexity index is 238. The number of carbonyl (C=O) groups excluding carboxylic acids is 2. The second-order valence-corrected chi connectivity index (χ2v) is 4.37. The molecule has 0 unspecified atom stereocenters. The van der Waals surface area contributed by atoms with Crippen LogP contribution in [0.15, 0.2) is 0 Å². The maximum Gasteiger partial charge on any atom is 0.223 e. The molecule has 0 bridgehead atoms. The molecule has 0 aliphatic rings. The molecule has 3 N–H and O–H groups in total. The summed E-state index contributed by atoms with van der Waals surface area (Å²) in [5.41, 5.74) is 5.33. The summed E-state index contributed by atoms with van der Waals surface area (Å²) in [5.74, 6) is 0.0115. The van der Waals surface area contributed by atoms with Gasteiger partial charge in [-0.2, -0.15) is 0 Å². The fourth-order valence-corrected chi connectivity index (χ4v) is 1.70. The third-order valence-electron chi connectivity index (χ3n) is 2.61. The van der Waals surface area contributed by atoms with Crippen molar-refractivity contribution in [3.63, 3.8) is 0 Å². The minimum Gasteiger partial charge on any atom is -0.356 e. The minimum absolute atomic E-state index is 0.0650. The summed E-state index contributed by atoms with van der Waals surface area (Å²) < 4.78 is 0. The summed E-state index contributed by atoms with van der Waals surface area (Å²) in [6, 6.07) is 0. The zero-order valence-corrected chi connectivity index (χ0v) is 11.7. The van der Waals surface area contributed by atoms with Crippen molar-refractivity contribution in [2.45, 2.75) is 46.0 Å². The van der Waals surface area contributed by atoms with E-state index < -0.39 is 0 Å². The van der Waals surface area contributed by atoms with Crippen molar-refractivity contribution in [1.29, 1.82) is 0 Å². The second-order valence-electron chi connectivity index (χ2n) is 4.37. The van der Waals surface area contributed by atoms with Gasteiger partial charge >= 0.3 is 0 Å². The van der Waals surface area contributed by atoms with Crippen molar-refractivity contribution in [3.8, 4) is 0 Å². The summed E-state index contributed by atoms with van der Waals surface area (Å²) in [5, 5.41) is 2.75. The summed E-state index contributed by atoms with van der Waals surface area (Å²) in [6.07, 6.45) is 3.25. The van der Waals surface area contributed by atoms with Crippen LogP contribution < -0.4 is 11.1 Å². The van der Waals surface area contributed by atoms with E-state index in [9.17, 15) is 9.59 Å². The molecule has 0 spiro atoms. The fraction of sp³-hybridized carbons (Fsp3) is 0.846. The molecule has 18 heavy (non-hydrogen) atoms. The summed E-state index contributed by atoms with van der Waals surface area (Å²) in [7, 11) is 0. The van der Waals surface area contributed by atoms with Gasteiger partial charge in [-0.25, -0.2) is 0 Å². The van der Waals surface area contributed by atoms with Gasteiger partial charge in [0.05, 0.1) is 0 Å². The smallest absolute Gasteiger partial charge is 0.223 e. The zero-order valence-electron chi connectivity index (χ0n) is 11.7. The lowest BCUT2D eigenvalue weighted by Crippen LogP contribution is -2.34. The predicted octanol–water partition coefficient (Wildman–Crippen LogP) is 0.880. The standard InChI is InChI=1S/C13H27N3O2/c1-3-10-16(11-4-2)13(18)7-6-12(17)15-9-5-8-14/h3-11,14H2,1-2H3,(H,15,17). The van der Waals surface area contributed by atoms with Crippen LogP contribution in [0.2, 0.25) is 0 Å². The van der Waals surface area contributed by atoms with Crippen LogP contribution in [0.25, 0.3) is 0 Å². The van der Waals surface area contributed by atoms with Gasteiger partial charge in [-0.05, 0) is 25.8 Å². The Balaban J connectivity index is 3.87. The zero-order chi connectivity index (χ0) is 13.8. The molecular weight excluding hydrogens is 230 g/mol. The molecule has 2 amide bonds. The molecule has 0 radical (unpaired) electrons. The van der Waals surface area contributed by atoms with E-state index in [2.05, 4.69) is 19.2 Å². The van der Waals surface area contributed by atoms with E-state index in [4.69, 9.17) is 5.73 Å². The fourth-order valence-electron chi connectivity index (χ4n) is 1.70. The van der Waals surface area contributed by atoms with E-state index in [1.54, 1.807) is 0 Å². The van der Waals surface area contributed by atoms with Gasteiger partial charge in [0, 0.05) is 32.5 Å². The monoisotopic (exact) mass is 257 g/mol. The Morgan fingerprint density at radius 3 is 2.22 bits per heavy atom. The average Bonchev–Trinajstić information content (AvgIpc) is 2.36. The first kappa shape index (κ1) is 16.9. The first-order valence-electron chi connectivity index (χ1n) is 6.90. The second kappa shape index (κ2) is 11.0. The minimum atomic E-state index is -0.0650. The van der Waals surface area contributed by atoms with E-state index in [1.807, 2.05) is 4.90 Å². The molecular formula is C13H27N3O2. The van der Waals surface area contributed by atoms with Crippen LogP contribution in [0.4, 0.5) is 0 Å². The topological polar surface area (TPSA) is 75.4 Å². The number of hydrogen-bond acceptors (Lipinski definition) is 3. The van der Waals surface area contributed by atoms with Crippen LogP contribution in [0.3, 0.4) is 0 Å². The number of carbonyl (C=O) groups is 2. The van der Waals surface area contributed by atoms with Gasteiger partial charge in [0.2, 0.25) is 11.8 Å². The van der Waals surface area contributed by atoms with Crippen molar-refractivity contribution in [2.24, 2.45) is 5.73 Å². The van der Waals surface area contributed by atoms with Gasteiger partial charge in [0.25, 0.3) is 0 Å². The third-order valence-corrected chi connectivity index (χ3v) is 2.61. The first-order valence-corrected chi connectivity index (χ1v) is 6.90. The highest BCUT2D eigenvalue weighted by molar-refractivity contribution is 5.83. The maximum atomic E-state index is 11.9. The first-order chi connectivity index (χ1) is 8.65. The van der Waals surface area contributed by atoms with Crippen LogP contribution in [0.5, 0.6) is 0 Å². The lowest BCUT2D eigenvalue weighted by atomic mass is 10.2. The number of nitrogens with one attached hydrogen (secondary N) is 1. The number of rotatable bonds is 10. The van der Waals surface area contributed by atoms with Crippen molar-refractivity contribution < 1.29 is 9.59 Å². The molecule has 0 aliphatic heterocycles. The third kappa shape index (κ3) is 8.06. The van der Waals surface area contributed by atoms with Crippen molar-refractivity contribution >= 4 is 11.8 Å². The molecule has 0 saturated heterocycles. The molecule has 5 heteroatoms. The average molecular weight is 257 g/mol. The van der Waals surface area contributed by atoms with Crippen molar-refractivity contribution in [3.05, 3.63) is 0 Å². The molecule has 0 aromatic carbocycles. The molecule has 0 heterocycles. The normalized spacial score (nSPS) is 10.2. The molecule has 0 rings (SSSR count). The van der Waals surface area contributed by atoms with Crippen LogP contribution in [-0.2, 0) is 9.59 Å². The van der Waals surface area contributed by atoms with E-state index in [0.717, 1.165) is 32.4 Å². The highest BCUT2D eigenvalue weighted by Gasteiger charge is 2.13. The number of hydrogen-bond donors (Lipinski definition) is 2. The molecule has 0 aromatic heterocycles. The van der Waals surface area contributed by atoms with E-state index in [0.29, 0.717) is 19.5 Å². The largest absolute Gasteiger partial charge is 0.356 e. The predicted molar refractivity (Wildman–Crippen MR) is 73.1 cm³/mol. The molecule has 0 saturated carbocycles. The van der Waals surface area contributed by atoms with Crippen molar-refractivity contribution in [1.82, 2.24) is 10.2 Å². The highest BCUT2D eigenvalue weighted by atomic mass is 16.2. The van der Waals surface area contributed by atoms with Crippen LogP contribution in [0.1, 0.15) is 46.0 Å². The SMILES string of the molecule is CCCN(CCC)C(=O)CCC(=O)NCCCN. The van der Waals surface area contributed by atoms with E-state index in [1.165, 1.54) is 0 Å². The quantitative estimate of drug-likeness (QED) is 0.570. The molecule has 0 aliphatic carbocycles. The lowest BCUT2D eigenvalue weighted by molar-refractivity contribution is -0.133. The van der Waals surface area contributed by atoms with Gasteiger partial charge in [-0.15, -0.1) is 0 Å². The van der Waals surface area contributed by atoms with Gasteiger partial charge in [0.1, 0.15) is 0 Å². The molecule has 5 nitrogen and oxygen atoms in total. The number of amides is 2. The molecule has 0 atom stereocenters. The van der Waals surface area contributed by atoms with Gasteiger partial charge in [-0.1, -0.05) is 13.8 Å². The van der Waals surface area contributed by atoms with Crippen LogP contribution in [-0.4, -0.2) is 42.9 Å². The molecule has 0 aromatic rings. The van der Waals surface area contributed by atoms with E-state index in [-0.39, 0.29) is 18.2 Å². The Labute approximate surface area is 110 Å². The summed E-state index contributed by atoms with van der Waals surface area (Å²) in [6.45, 7) is 6.82. The lowest BCUT2D eigenvalue weighted by Gasteiger charge is -2.21. The number of nitrogens with two attached hydrogens (primary N) is 1. The van der Waals surface area contributed by atoms with Crippen molar-refractivity contribution in [2.75, 3.05) is 26.2 Å². The van der Waals surface area contributed by atoms with Crippen LogP contribution in [0, 0.1) is 0 Å². The molecule has 0 fully saturated rings. The van der Waals surface area contributed by atoms with Gasteiger partial charge < -0.3 is 16.0 Å². The summed E-state index contributed by atoms with van der Waals surface area (Å²) in [4.78, 5) is 25.2. The maximum absolute atomic E-state index is 11.9. The Kier molecular flexibility index (Phi) is 10.3. The van der Waals surface area contributed by atoms with Crippen LogP contribution >= 0.6 is 0 Å². The van der Waals surface area contributed by atoms with E-state index >= 15 is 0 Å². The Hall–Kier alpha value is -1.10. The summed E-state index contributed by atoms with van der Waals surface area (Å²) >= 11 is 0. The van der Waals surface area contributed by atoms with Gasteiger partial charge in [0.15, 0.2) is 0 Å². The Morgan fingerprint density at radius 1 is 1.11 bits per heavy atom. The Morgan fingerprint density at radius 2 is 1.72 bits per heavy atom.